The third-order valence-electron chi connectivity index (χ3n) is 2.35. The molecule has 0 aromatic carbocycles. The Balaban J connectivity index is 2.56. The van der Waals surface area contributed by atoms with Crippen LogP contribution in [0.2, 0.25) is 0 Å². The Morgan fingerprint density at radius 1 is 1.35 bits per heavy atom. The molecule has 4 nitrogen and oxygen atoms in total. The molecule has 5 heteroatoms. The van der Waals surface area contributed by atoms with Gasteiger partial charge in [0.15, 0.2) is 5.13 Å². The Hall–Kier alpha value is -1.62. The Morgan fingerprint density at radius 2 is 1.94 bits per heavy atom. The van der Waals surface area contributed by atoms with Crippen LogP contribution in [-0.4, -0.2) is 20.6 Å². The van der Waals surface area contributed by atoms with Crippen molar-refractivity contribution in [3.63, 3.8) is 0 Å². The molecule has 0 aliphatic rings. The zero-order valence-electron chi connectivity index (χ0n) is 9.97. The first kappa shape index (κ1) is 11.9. The maximum Gasteiger partial charge on any atom is 0.347 e. The third kappa shape index (κ3) is 2.24. The van der Waals surface area contributed by atoms with E-state index >= 15 is 0 Å². The van der Waals surface area contributed by atoms with Gasteiger partial charge in [-0.2, -0.15) is 0 Å². The second-order valence-corrected chi connectivity index (χ2v) is 5.80. The number of aromatic carboxylic acids is 1. The molecule has 0 spiro atoms. The Kier molecular flexibility index (Phi) is 2.79. The number of nitrogens with zero attached hydrogens (tertiary/aromatic N) is 2. The predicted octanol–water partition coefficient (Wildman–Crippen LogP) is 2.93. The first-order chi connectivity index (χ1) is 7.89. The Labute approximate surface area is 104 Å². The van der Waals surface area contributed by atoms with Crippen LogP contribution in [0, 0.1) is 0 Å². The summed E-state index contributed by atoms with van der Waals surface area (Å²) in [4.78, 5) is 16.0. The lowest BCUT2D eigenvalue weighted by Gasteiger charge is -2.15. The highest BCUT2D eigenvalue weighted by molar-refractivity contribution is 7.16. The monoisotopic (exact) mass is 250 g/mol. The summed E-state index contributed by atoms with van der Waals surface area (Å²) in [7, 11) is 0. The van der Waals surface area contributed by atoms with E-state index in [1.807, 2.05) is 49.9 Å². The molecule has 0 aliphatic heterocycles. The number of thiazole rings is 1. The van der Waals surface area contributed by atoms with Gasteiger partial charge < -0.3 is 9.67 Å². The summed E-state index contributed by atoms with van der Waals surface area (Å²) in [6.07, 6.45) is 3.72. The van der Waals surface area contributed by atoms with Crippen molar-refractivity contribution in [2.24, 2.45) is 0 Å². The van der Waals surface area contributed by atoms with Gasteiger partial charge in [-0.05, 0) is 12.1 Å². The quantitative estimate of drug-likeness (QED) is 0.891. The molecule has 0 bridgehead atoms. The largest absolute Gasteiger partial charge is 0.477 e. The number of rotatable bonds is 2. The lowest BCUT2D eigenvalue weighted by atomic mass is 9.91. The second-order valence-electron chi connectivity index (χ2n) is 4.82. The summed E-state index contributed by atoms with van der Waals surface area (Å²) < 4.78 is 1.83. The Morgan fingerprint density at radius 3 is 2.35 bits per heavy atom. The average molecular weight is 250 g/mol. The highest BCUT2D eigenvalue weighted by Gasteiger charge is 2.27. The number of carboxylic acid groups (broad SMARTS) is 1. The molecule has 0 saturated carbocycles. The fourth-order valence-corrected chi connectivity index (χ4v) is 2.62. The molecule has 0 aliphatic carbocycles. The number of carbonyl (C=O) groups is 1. The predicted molar refractivity (Wildman–Crippen MR) is 67.1 cm³/mol. The topological polar surface area (TPSA) is 55.1 Å². The highest BCUT2D eigenvalue weighted by Crippen LogP contribution is 2.31. The number of hydrogen-bond donors (Lipinski definition) is 1. The van der Waals surface area contributed by atoms with Crippen LogP contribution >= 0.6 is 11.3 Å². The number of hydrogen-bond acceptors (Lipinski definition) is 3. The fourth-order valence-electron chi connectivity index (χ4n) is 1.53. The van der Waals surface area contributed by atoms with Gasteiger partial charge in [-0.25, -0.2) is 9.78 Å². The summed E-state index contributed by atoms with van der Waals surface area (Å²) in [5.41, 5.74) is 0.369. The van der Waals surface area contributed by atoms with E-state index in [1.165, 1.54) is 11.3 Å². The first-order valence-corrected chi connectivity index (χ1v) is 6.09. The van der Waals surface area contributed by atoms with E-state index in [-0.39, 0.29) is 5.41 Å². The molecule has 0 saturated heterocycles. The van der Waals surface area contributed by atoms with Crippen LogP contribution in [0.4, 0.5) is 0 Å². The SMILES string of the molecule is CC(C)(C)c1nc(-n2cccc2)sc1C(=O)O. The van der Waals surface area contributed by atoms with Crippen LogP contribution in [0.5, 0.6) is 0 Å². The van der Waals surface area contributed by atoms with E-state index in [9.17, 15) is 9.90 Å². The molecule has 0 atom stereocenters. The van der Waals surface area contributed by atoms with Crippen LogP contribution in [0.15, 0.2) is 24.5 Å². The lowest BCUT2D eigenvalue weighted by Crippen LogP contribution is -2.16. The van der Waals surface area contributed by atoms with Crippen molar-refractivity contribution in [3.8, 4) is 5.13 Å². The molecule has 0 amide bonds. The fraction of sp³-hybridized carbons (Fsp3) is 0.333. The van der Waals surface area contributed by atoms with Crippen molar-refractivity contribution in [2.75, 3.05) is 0 Å². The van der Waals surface area contributed by atoms with Crippen molar-refractivity contribution in [1.29, 1.82) is 0 Å². The van der Waals surface area contributed by atoms with Crippen molar-refractivity contribution in [1.82, 2.24) is 9.55 Å². The van der Waals surface area contributed by atoms with Gasteiger partial charge in [0.2, 0.25) is 0 Å². The van der Waals surface area contributed by atoms with Crippen molar-refractivity contribution >= 4 is 17.3 Å². The first-order valence-electron chi connectivity index (χ1n) is 5.27. The maximum absolute atomic E-state index is 11.2. The molecule has 2 aromatic rings. The summed E-state index contributed by atoms with van der Waals surface area (Å²) in [5, 5.41) is 9.89. The van der Waals surface area contributed by atoms with E-state index < -0.39 is 5.97 Å². The minimum atomic E-state index is -0.911. The smallest absolute Gasteiger partial charge is 0.347 e. The normalized spacial score (nSPS) is 11.7. The summed E-state index contributed by atoms with van der Waals surface area (Å²) in [6.45, 7) is 5.90. The zero-order valence-corrected chi connectivity index (χ0v) is 10.8. The van der Waals surface area contributed by atoms with Gasteiger partial charge in [-0.15, -0.1) is 0 Å². The zero-order chi connectivity index (χ0) is 12.6. The molecule has 90 valence electrons. The van der Waals surface area contributed by atoms with Crippen LogP contribution < -0.4 is 0 Å². The van der Waals surface area contributed by atoms with E-state index in [0.29, 0.717) is 15.7 Å². The minimum Gasteiger partial charge on any atom is -0.477 e. The van der Waals surface area contributed by atoms with Gasteiger partial charge in [0, 0.05) is 17.8 Å². The molecule has 0 unspecified atom stereocenters. The molecule has 1 N–H and O–H groups in total. The molecular weight excluding hydrogens is 236 g/mol. The minimum absolute atomic E-state index is 0.268. The molecular formula is C12H14N2O2S. The van der Waals surface area contributed by atoms with Crippen LogP contribution in [0.1, 0.15) is 36.1 Å². The average Bonchev–Trinajstić information content (AvgIpc) is 2.85. The lowest BCUT2D eigenvalue weighted by molar-refractivity contribution is 0.0699. The van der Waals surface area contributed by atoms with E-state index in [0.717, 1.165) is 0 Å². The van der Waals surface area contributed by atoms with Crippen molar-refractivity contribution < 1.29 is 9.90 Å². The molecule has 0 fully saturated rings. The summed E-state index contributed by atoms with van der Waals surface area (Å²) >= 11 is 1.20. The van der Waals surface area contributed by atoms with Crippen molar-refractivity contribution in [2.45, 2.75) is 26.2 Å². The van der Waals surface area contributed by atoms with Gasteiger partial charge in [0.1, 0.15) is 4.88 Å². The van der Waals surface area contributed by atoms with Gasteiger partial charge in [0.25, 0.3) is 0 Å². The van der Waals surface area contributed by atoms with Gasteiger partial charge in [0.05, 0.1) is 5.69 Å². The standard InChI is InChI=1S/C12H14N2O2S/c1-12(2,3)9-8(10(15)16)17-11(13-9)14-6-4-5-7-14/h4-7H,1-3H3,(H,15,16). The van der Waals surface area contributed by atoms with Gasteiger partial charge >= 0.3 is 5.97 Å². The maximum atomic E-state index is 11.2. The van der Waals surface area contributed by atoms with Crippen LogP contribution in [0.25, 0.3) is 5.13 Å². The molecule has 0 radical (unpaired) electrons. The van der Waals surface area contributed by atoms with Gasteiger partial charge in [-0.1, -0.05) is 32.1 Å². The molecule has 2 rings (SSSR count). The van der Waals surface area contributed by atoms with Crippen LogP contribution in [-0.2, 0) is 5.41 Å². The molecule has 2 heterocycles. The molecule has 2 aromatic heterocycles. The Bertz CT molecular complexity index is 535. The third-order valence-corrected chi connectivity index (χ3v) is 3.40. The summed E-state index contributed by atoms with van der Waals surface area (Å²) in [6, 6.07) is 3.78. The van der Waals surface area contributed by atoms with E-state index in [2.05, 4.69) is 4.98 Å². The van der Waals surface area contributed by atoms with Crippen molar-refractivity contribution in [3.05, 3.63) is 35.1 Å². The van der Waals surface area contributed by atoms with Gasteiger partial charge in [-0.3, -0.25) is 0 Å². The number of aromatic nitrogens is 2. The summed E-state index contributed by atoms with van der Waals surface area (Å²) in [5.74, 6) is -0.911. The highest BCUT2D eigenvalue weighted by atomic mass is 32.1. The van der Waals surface area contributed by atoms with E-state index in [1.54, 1.807) is 0 Å². The van der Waals surface area contributed by atoms with E-state index in [4.69, 9.17) is 0 Å². The number of carboxylic acids is 1. The molecule has 17 heavy (non-hydrogen) atoms. The van der Waals surface area contributed by atoms with Crippen LogP contribution in [0.3, 0.4) is 0 Å². The second kappa shape index (κ2) is 4.00.